The van der Waals surface area contributed by atoms with E-state index in [1.54, 1.807) is 36.5 Å². The topological polar surface area (TPSA) is 86.7 Å². The third kappa shape index (κ3) is 7.96. The standard InChI is InChI=1S/C36H50O6/c1-33(2,3)25-17-21(18-26(29(25)37)34(4,5)6)15-23(31(39)41-13)24(32(40)42-14)16-22-19-27(35(7,8)9)30(38)28(20-22)36(10,11)12/h15-20,23-24H,1-14H3/t23-,24-/m1/s1. The quantitative estimate of drug-likeness (QED) is 0.315. The first kappa shape index (κ1) is 34.9. The Morgan fingerprint density at radius 1 is 0.524 bits per heavy atom. The monoisotopic (exact) mass is 578 g/mol. The van der Waals surface area contributed by atoms with Crippen molar-refractivity contribution in [3.63, 3.8) is 0 Å². The summed E-state index contributed by atoms with van der Waals surface area (Å²) in [6.07, 6.45) is 10.6. The minimum Gasteiger partial charge on any atom is -0.469 e. The second-order valence-electron chi connectivity index (χ2n) is 15.3. The summed E-state index contributed by atoms with van der Waals surface area (Å²) in [6.45, 7) is 23.7. The number of carbonyl (C=O) groups excluding carboxylic acids is 4. The van der Waals surface area contributed by atoms with E-state index >= 15 is 0 Å². The van der Waals surface area contributed by atoms with Crippen molar-refractivity contribution >= 4 is 23.5 Å². The fourth-order valence-corrected chi connectivity index (χ4v) is 5.05. The molecule has 0 bridgehead atoms. The molecule has 0 aromatic rings. The Labute approximate surface area is 252 Å². The van der Waals surface area contributed by atoms with E-state index in [4.69, 9.17) is 9.47 Å². The number of ether oxygens (including phenoxy) is 2. The summed E-state index contributed by atoms with van der Waals surface area (Å²) < 4.78 is 10.4. The Balaban J connectivity index is 2.89. The molecule has 0 aliphatic heterocycles. The first-order valence-corrected chi connectivity index (χ1v) is 14.5. The zero-order valence-electron chi connectivity index (χ0n) is 28.1. The van der Waals surface area contributed by atoms with E-state index in [2.05, 4.69) is 0 Å². The highest BCUT2D eigenvalue weighted by Gasteiger charge is 2.38. The smallest absolute Gasteiger partial charge is 0.313 e. The zero-order chi connectivity index (χ0) is 32.6. The molecule has 0 saturated heterocycles. The predicted molar refractivity (Wildman–Crippen MR) is 167 cm³/mol. The van der Waals surface area contributed by atoms with Gasteiger partial charge in [0.1, 0.15) is 0 Å². The van der Waals surface area contributed by atoms with Crippen LogP contribution >= 0.6 is 0 Å². The summed E-state index contributed by atoms with van der Waals surface area (Å²) in [5.41, 5.74) is 2.01. The van der Waals surface area contributed by atoms with Crippen molar-refractivity contribution in [2.45, 2.75) is 83.1 Å². The highest BCUT2D eigenvalue weighted by Crippen LogP contribution is 2.41. The van der Waals surface area contributed by atoms with E-state index in [1.807, 2.05) is 83.1 Å². The summed E-state index contributed by atoms with van der Waals surface area (Å²) in [5.74, 6) is -3.39. The van der Waals surface area contributed by atoms with Gasteiger partial charge in [-0.1, -0.05) is 95.2 Å². The number of Topliss-reactive ketones (excluding diaryl/α,β-unsaturated/α-hetero) is 2. The van der Waals surface area contributed by atoms with Crippen molar-refractivity contribution in [3.05, 3.63) is 69.9 Å². The molecule has 2 aliphatic rings. The Morgan fingerprint density at radius 3 is 0.905 bits per heavy atom. The molecular weight excluding hydrogens is 528 g/mol. The lowest BCUT2D eigenvalue weighted by atomic mass is 9.71. The number of esters is 2. The molecular formula is C36H50O6. The summed E-state index contributed by atoms with van der Waals surface area (Å²) >= 11 is 0. The Morgan fingerprint density at radius 2 is 0.738 bits per heavy atom. The number of methoxy groups -OCH3 is 2. The van der Waals surface area contributed by atoms with Gasteiger partial charge in [-0.25, -0.2) is 0 Å². The van der Waals surface area contributed by atoms with Crippen LogP contribution in [0.1, 0.15) is 83.1 Å². The van der Waals surface area contributed by atoms with Crippen LogP contribution in [0.5, 0.6) is 0 Å². The SMILES string of the molecule is COC(=O)[C@H](C=C1C=C(C(C)(C)C)C(=O)C(C(C)(C)C)=C1)[C@@H](C=C1C=C(C(C)(C)C)C(=O)C(C(C)(C)C)=C1)C(=O)OC. The van der Waals surface area contributed by atoms with Crippen LogP contribution in [0.15, 0.2) is 69.9 Å². The molecule has 0 aromatic heterocycles. The lowest BCUT2D eigenvalue weighted by molar-refractivity contribution is -0.153. The van der Waals surface area contributed by atoms with Crippen LogP contribution in [0.2, 0.25) is 0 Å². The van der Waals surface area contributed by atoms with Crippen molar-refractivity contribution in [1.29, 1.82) is 0 Å². The van der Waals surface area contributed by atoms with E-state index in [0.29, 0.717) is 33.4 Å². The van der Waals surface area contributed by atoms with Gasteiger partial charge in [-0.2, -0.15) is 0 Å². The van der Waals surface area contributed by atoms with Gasteiger partial charge >= 0.3 is 11.9 Å². The summed E-state index contributed by atoms with van der Waals surface area (Å²) in [6, 6.07) is 0. The molecule has 0 amide bonds. The normalized spacial score (nSPS) is 18.3. The van der Waals surface area contributed by atoms with E-state index in [1.165, 1.54) is 14.2 Å². The predicted octanol–water partition coefficient (Wildman–Crippen LogP) is 7.47. The highest BCUT2D eigenvalue weighted by atomic mass is 16.5. The van der Waals surface area contributed by atoms with Crippen molar-refractivity contribution in [3.8, 4) is 0 Å². The lowest BCUT2D eigenvalue weighted by Crippen LogP contribution is -2.31. The highest BCUT2D eigenvalue weighted by molar-refractivity contribution is 6.12. The zero-order valence-corrected chi connectivity index (χ0v) is 28.1. The molecule has 0 radical (unpaired) electrons. The van der Waals surface area contributed by atoms with Crippen molar-refractivity contribution in [2.24, 2.45) is 33.5 Å². The van der Waals surface area contributed by atoms with Crippen molar-refractivity contribution < 1.29 is 28.7 Å². The van der Waals surface area contributed by atoms with Gasteiger partial charge in [-0.3, -0.25) is 19.2 Å². The van der Waals surface area contributed by atoms with Crippen molar-refractivity contribution in [1.82, 2.24) is 0 Å². The van der Waals surface area contributed by atoms with Gasteiger partial charge in [0.25, 0.3) is 0 Å². The second kappa shape index (κ2) is 12.1. The summed E-state index contributed by atoms with van der Waals surface area (Å²) in [4.78, 5) is 53.5. The molecule has 2 rings (SSSR count). The molecule has 0 saturated carbocycles. The maximum absolute atomic E-state index is 13.5. The maximum Gasteiger partial charge on any atom is 0.313 e. The molecule has 42 heavy (non-hydrogen) atoms. The summed E-state index contributed by atoms with van der Waals surface area (Å²) in [7, 11) is 2.56. The van der Waals surface area contributed by atoms with Gasteiger partial charge in [-0.05, 0) is 57.1 Å². The van der Waals surface area contributed by atoms with E-state index in [9.17, 15) is 19.2 Å². The van der Waals surface area contributed by atoms with Crippen LogP contribution < -0.4 is 0 Å². The number of allylic oxidation sites excluding steroid dienone is 10. The minimum atomic E-state index is -1.05. The van der Waals surface area contributed by atoms with Crippen LogP contribution in [-0.2, 0) is 28.7 Å². The van der Waals surface area contributed by atoms with Crippen LogP contribution in [0, 0.1) is 33.5 Å². The van der Waals surface area contributed by atoms with E-state index in [-0.39, 0.29) is 11.6 Å². The van der Waals surface area contributed by atoms with Gasteiger partial charge in [0.05, 0.1) is 26.1 Å². The molecule has 6 nitrogen and oxygen atoms in total. The van der Waals surface area contributed by atoms with Gasteiger partial charge in [-0.15, -0.1) is 0 Å². The number of hydrogen-bond acceptors (Lipinski definition) is 6. The molecule has 0 spiro atoms. The average Bonchev–Trinajstić information content (AvgIpc) is 2.83. The fraction of sp³-hybridized carbons (Fsp3) is 0.556. The third-order valence-electron chi connectivity index (χ3n) is 7.53. The molecule has 0 heterocycles. The fourth-order valence-electron chi connectivity index (χ4n) is 5.05. The Kier molecular flexibility index (Phi) is 10.1. The molecule has 230 valence electrons. The number of carbonyl (C=O) groups is 4. The third-order valence-corrected chi connectivity index (χ3v) is 7.53. The molecule has 2 atom stereocenters. The first-order chi connectivity index (χ1) is 18.9. The van der Waals surface area contributed by atoms with Gasteiger partial charge in [0, 0.05) is 22.3 Å². The first-order valence-electron chi connectivity index (χ1n) is 14.5. The van der Waals surface area contributed by atoms with Crippen molar-refractivity contribution in [2.75, 3.05) is 14.2 Å². The molecule has 0 N–H and O–H groups in total. The summed E-state index contributed by atoms with van der Waals surface area (Å²) in [5, 5.41) is 0. The molecule has 6 heteroatoms. The molecule has 2 aliphatic carbocycles. The molecule has 0 unspecified atom stereocenters. The molecule has 0 aromatic carbocycles. The average molecular weight is 579 g/mol. The van der Waals surface area contributed by atoms with Crippen LogP contribution in [-0.4, -0.2) is 37.7 Å². The number of rotatable bonds is 5. The molecule has 0 fully saturated rings. The Hall–Kier alpha value is -3.28. The minimum absolute atomic E-state index is 0.0278. The van der Waals surface area contributed by atoms with Gasteiger partial charge in [0.15, 0.2) is 11.6 Å². The van der Waals surface area contributed by atoms with Crippen LogP contribution in [0.3, 0.4) is 0 Å². The van der Waals surface area contributed by atoms with E-state index in [0.717, 1.165) is 0 Å². The Bertz CT molecular complexity index is 1150. The maximum atomic E-state index is 13.5. The van der Waals surface area contributed by atoms with Gasteiger partial charge in [0.2, 0.25) is 0 Å². The van der Waals surface area contributed by atoms with Crippen LogP contribution in [0.4, 0.5) is 0 Å². The number of ketones is 2. The van der Waals surface area contributed by atoms with E-state index < -0.39 is 45.4 Å². The van der Waals surface area contributed by atoms with Gasteiger partial charge < -0.3 is 9.47 Å². The lowest BCUT2D eigenvalue weighted by Gasteiger charge is -2.32. The number of hydrogen-bond donors (Lipinski definition) is 0. The van der Waals surface area contributed by atoms with Crippen LogP contribution in [0.25, 0.3) is 0 Å². The largest absolute Gasteiger partial charge is 0.469 e. The second-order valence-corrected chi connectivity index (χ2v) is 15.3.